The van der Waals surface area contributed by atoms with Crippen molar-refractivity contribution in [2.45, 2.75) is 6.04 Å². The molecule has 0 N–H and O–H groups in total. The summed E-state index contributed by atoms with van der Waals surface area (Å²) in [7, 11) is 0. The Morgan fingerprint density at radius 1 is 0.700 bits per heavy atom. The molecule has 0 aliphatic rings. The molecule has 0 fully saturated rings. The Kier molecular flexibility index (Phi) is 3.93. The fourth-order valence-corrected chi connectivity index (χ4v) is 2.82. The van der Waals surface area contributed by atoms with E-state index < -0.39 is 0 Å². The first kappa shape index (κ1) is 13.1. The molecule has 0 unspecified atom stereocenters. The van der Waals surface area contributed by atoms with E-state index >= 15 is 0 Å². The van der Waals surface area contributed by atoms with Gasteiger partial charge in [0.25, 0.3) is 0 Å². The molecule has 0 radical (unpaired) electrons. The largest absolute Gasteiger partial charge is 0.208 e. The van der Waals surface area contributed by atoms with Gasteiger partial charge >= 0.3 is 0 Å². The Morgan fingerprint density at radius 3 is 1.75 bits per heavy atom. The number of halogens is 1. The van der Waals surface area contributed by atoms with Crippen molar-refractivity contribution in [2.24, 2.45) is 0 Å². The zero-order chi connectivity index (χ0) is 13.8. The molecule has 0 bridgehead atoms. The Hall–Kier alpha value is -1.93. The molecule has 0 saturated carbocycles. The topological polar surface area (TPSA) is 3.88 Å². The first-order valence-corrected chi connectivity index (χ1v) is 7.40. The van der Waals surface area contributed by atoms with Gasteiger partial charge in [-0.15, -0.1) is 0 Å². The summed E-state index contributed by atoms with van der Waals surface area (Å²) in [5.41, 5.74) is 2.56. The van der Waals surface area contributed by atoms with E-state index in [0.717, 1.165) is 4.47 Å². The van der Waals surface area contributed by atoms with Crippen molar-refractivity contribution in [2.75, 3.05) is 0 Å². The molecule has 3 aromatic rings. The lowest BCUT2D eigenvalue weighted by Crippen LogP contribution is -2.40. The van der Waals surface area contributed by atoms with Crippen molar-refractivity contribution < 1.29 is 4.57 Å². The van der Waals surface area contributed by atoms with Crippen LogP contribution in [0.2, 0.25) is 0 Å². The molecule has 0 amide bonds. The molecule has 0 aliphatic carbocycles. The molecular weight excluding hydrogens is 310 g/mol. The van der Waals surface area contributed by atoms with Gasteiger partial charge in [0, 0.05) is 17.2 Å². The minimum atomic E-state index is 0.190. The van der Waals surface area contributed by atoms with Gasteiger partial charge < -0.3 is 0 Å². The zero-order valence-corrected chi connectivity index (χ0v) is 12.6. The van der Waals surface area contributed by atoms with Crippen LogP contribution in [0.15, 0.2) is 89.7 Å². The SMILES string of the molecule is Brc1ccc[n+](C(c2ccccc2)c2ccccc2)c1. The Balaban J connectivity index is 2.14. The van der Waals surface area contributed by atoms with E-state index in [9.17, 15) is 0 Å². The highest BCUT2D eigenvalue weighted by Crippen LogP contribution is 2.21. The van der Waals surface area contributed by atoms with Gasteiger partial charge in [0.1, 0.15) is 0 Å². The average Bonchev–Trinajstić information content (AvgIpc) is 2.50. The fourth-order valence-electron chi connectivity index (χ4n) is 2.43. The third-order valence-electron chi connectivity index (χ3n) is 3.31. The normalized spacial score (nSPS) is 10.7. The summed E-state index contributed by atoms with van der Waals surface area (Å²) in [4.78, 5) is 0. The van der Waals surface area contributed by atoms with Crippen LogP contribution in [-0.4, -0.2) is 0 Å². The van der Waals surface area contributed by atoms with E-state index in [2.05, 4.69) is 99.6 Å². The number of benzene rings is 2. The van der Waals surface area contributed by atoms with E-state index in [0.29, 0.717) is 0 Å². The minimum absolute atomic E-state index is 0.190. The number of rotatable bonds is 3. The molecule has 0 atom stereocenters. The quantitative estimate of drug-likeness (QED) is 0.630. The van der Waals surface area contributed by atoms with Gasteiger partial charge in [0.15, 0.2) is 12.4 Å². The summed E-state index contributed by atoms with van der Waals surface area (Å²) >= 11 is 3.55. The Bertz CT molecular complexity index is 641. The molecule has 3 rings (SSSR count). The predicted octanol–water partition coefficient (Wildman–Crippen LogP) is 4.37. The van der Waals surface area contributed by atoms with E-state index in [-0.39, 0.29) is 6.04 Å². The second-order valence-corrected chi connectivity index (χ2v) is 5.61. The lowest BCUT2D eigenvalue weighted by Gasteiger charge is -2.13. The number of pyridine rings is 1. The van der Waals surface area contributed by atoms with Crippen LogP contribution >= 0.6 is 15.9 Å². The van der Waals surface area contributed by atoms with Crippen molar-refractivity contribution in [3.63, 3.8) is 0 Å². The zero-order valence-electron chi connectivity index (χ0n) is 11.0. The van der Waals surface area contributed by atoms with Crippen molar-refractivity contribution >= 4 is 15.9 Å². The van der Waals surface area contributed by atoms with Crippen molar-refractivity contribution in [1.82, 2.24) is 0 Å². The second kappa shape index (κ2) is 6.02. The summed E-state index contributed by atoms with van der Waals surface area (Å²) in [5, 5.41) is 0. The highest BCUT2D eigenvalue weighted by molar-refractivity contribution is 9.10. The average molecular weight is 325 g/mol. The van der Waals surface area contributed by atoms with Gasteiger partial charge in [-0.2, -0.15) is 4.57 Å². The molecular formula is C18H15BrN+. The number of hydrogen-bond acceptors (Lipinski definition) is 0. The Labute approximate surface area is 127 Å². The van der Waals surface area contributed by atoms with Crippen LogP contribution < -0.4 is 4.57 Å². The third-order valence-corrected chi connectivity index (χ3v) is 3.78. The van der Waals surface area contributed by atoms with E-state index in [4.69, 9.17) is 0 Å². The van der Waals surface area contributed by atoms with Crippen LogP contribution in [0.4, 0.5) is 0 Å². The maximum absolute atomic E-state index is 3.55. The molecule has 20 heavy (non-hydrogen) atoms. The molecule has 2 aromatic carbocycles. The van der Waals surface area contributed by atoms with Gasteiger partial charge in [0.05, 0.1) is 4.47 Å². The first-order valence-electron chi connectivity index (χ1n) is 6.61. The number of aromatic nitrogens is 1. The molecule has 0 spiro atoms. The van der Waals surface area contributed by atoms with Crippen LogP contribution in [0.1, 0.15) is 17.2 Å². The van der Waals surface area contributed by atoms with Crippen LogP contribution in [0, 0.1) is 0 Å². The number of nitrogens with zero attached hydrogens (tertiary/aromatic N) is 1. The highest BCUT2D eigenvalue weighted by atomic mass is 79.9. The van der Waals surface area contributed by atoms with E-state index in [1.54, 1.807) is 0 Å². The maximum atomic E-state index is 3.55. The minimum Gasteiger partial charge on any atom is -0.193 e. The van der Waals surface area contributed by atoms with E-state index in [1.165, 1.54) is 11.1 Å². The molecule has 1 heterocycles. The highest BCUT2D eigenvalue weighted by Gasteiger charge is 2.22. The van der Waals surface area contributed by atoms with Gasteiger partial charge in [-0.3, -0.25) is 0 Å². The number of hydrogen-bond donors (Lipinski definition) is 0. The van der Waals surface area contributed by atoms with Crippen LogP contribution in [0.3, 0.4) is 0 Å². The molecule has 1 nitrogen and oxygen atoms in total. The predicted molar refractivity (Wildman–Crippen MR) is 84.5 cm³/mol. The summed E-state index contributed by atoms with van der Waals surface area (Å²) in [5.74, 6) is 0. The lowest BCUT2D eigenvalue weighted by molar-refractivity contribution is -0.705. The van der Waals surface area contributed by atoms with Crippen molar-refractivity contribution in [3.8, 4) is 0 Å². The molecule has 0 saturated heterocycles. The van der Waals surface area contributed by atoms with Gasteiger partial charge in [-0.25, -0.2) is 0 Å². The summed E-state index contributed by atoms with van der Waals surface area (Å²) in [6.45, 7) is 0. The second-order valence-electron chi connectivity index (χ2n) is 4.69. The van der Waals surface area contributed by atoms with E-state index in [1.807, 2.05) is 6.07 Å². The molecule has 0 aliphatic heterocycles. The smallest absolute Gasteiger partial charge is 0.193 e. The van der Waals surface area contributed by atoms with Crippen molar-refractivity contribution in [3.05, 3.63) is 101 Å². The molecule has 2 heteroatoms. The van der Waals surface area contributed by atoms with Gasteiger partial charge in [-0.05, 0) is 22.0 Å². The van der Waals surface area contributed by atoms with Crippen LogP contribution in [0.5, 0.6) is 0 Å². The van der Waals surface area contributed by atoms with Crippen LogP contribution in [-0.2, 0) is 0 Å². The third kappa shape index (κ3) is 2.81. The Morgan fingerprint density at radius 2 is 1.25 bits per heavy atom. The lowest BCUT2D eigenvalue weighted by atomic mass is 9.98. The van der Waals surface area contributed by atoms with Gasteiger partial charge in [-0.1, -0.05) is 60.7 Å². The summed E-state index contributed by atoms with van der Waals surface area (Å²) < 4.78 is 3.31. The first-order chi connectivity index (χ1) is 9.84. The monoisotopic (exact) mass is 324 g/mol. The molecule has 98 valence electrons. The van der Waals surface area contributed by atoms with Crippen LogP contribution in [0.25, 0.3) is 0 Å². The standard InChI is InChI=1S/C18H15BrN/c19-17-12-7-13-20(14-17)18(15-8-3-1-4-9-15)16-10-5-2-6-11-16/h1-14,18H/q+1. The molecule has 1 aromatic heterocycles. The fraction of sp³-hybridized carbons (Fsp3) is 0.0556. The summed E-state index contributed by atoms with van der Waals surface area (Å²) in [6, 6.07) is 25.4. The van der Waals surface area contributed by atoms with Crippen molar-refractivity contribution in [1.29, 1.82) is 0 Å². The summed E-state index contributed by atoms with van der Waals surface area (Å²) in [6.07, 6.45) is 4.22. The maximum Gasteiger partial charge on any atom is 0.208 e. The van der Waals surface area contributed by atoms with Gasteiger partial charge in [0.2, 0.25) is 6.04 Å².